The van der Waals surface area contributed by atoms with Crippen molar-refractivity contribution in [3.8, 4) is 5.75 Å². The van der Waals surface area contributed by atoms with E-state index in [0.29, 0.717) is 14.4 Å². The largest absolute Gasteiger partial charge is 0.477 e. The molecule has 4 heteroatoms. The number of hydrogen-bond acceptors (Lipinski definition) is 3. The van der Waals surface area contributed by atoms with E-state index >= 15 is 0 Å². The van der Waals surface area contributed by atoms with Crippen molar-refractivity contribution in [2.45, 2.75) is 6.92 Å². The van der Waals surface area contributed by atoms with Gasteiger partial charge in [-0.25, -0.2) is 0 Å². The Labute approximate surface area is 104 Å². The first-order chi connectivity index (χ1) is 8.04. The van der Waals surface area contributed by atoms with Gasteiger partial charge in [-0.05, 0) is 37.9 Å². The number of nitrogens with zero attached hydrogens (tertiary/aromatic N) is 1. The SMILES string of the molecule is CPOc1ccc(C(=O)/C(C)=C\N(C)C)cc1. The van der Waals surface area contributed by atoms with Crippen molar-refractivity contribution in [3.05, 3.63) is 41.6 Å². The number of carbonyl (C=O) groups is 1. The van der Waals surface area contributed by atoms with Crippen molar-refractivity contribution in [2.75, 3.05) is 20.8 Å². The minimum atomic E-state index is 0.0456. The van der Waals surface area contributed by atoms with Crippen molar-refractivity contribution in [3.63, 3.8) is 0 Å². The van der Waals surface area contributed by atoms with Crippen LogP contribution in [-0.2, 0) is 0 Å². The molecule has 0 aromatic heterocycles. The molecule has 0 radical (unpaired) electrons. The van der Waals surface area contributed by atoms with Gasteiger partial charge in [-0.15, -0.1) is 0 Å². The van der Waals surface area contributed by atoms with Crippen LogP contribution in [0.5, 0.6) is 5.75 Å². The third kappa shape index (κ3) is 4.20. The number of allylic oxidation sites excluding steroid dienone is 1. The fraction of sp³-hybridized carbons (Fsp3) is 0.308. The Bertz CT molecular complexity index is 410. The number of rotatable bonds is 5. The van der Waals surface area contributed by atoms with Gasteiger partial charge in [-0.1, -0.05) is 0 Å². The maximum atomic E-state index is 12.0. The lowest BCUT2D eigenvalue weighted by Gasteiger charge is -2.08. The first kappa shape index (κ1) is 13.7. The van der Waals surface area contributed by atoms with Gasteiger partial charge in [-0.2, -0.15) is 0 Å². The molecule has 0 amide bonds. The van der Waals surface area contributed by atoms with Crippen LogP contribution in [-0.4, -0.2) is 31.4 Å². The first-order valence-electron chi connectivity index (χ1n) is 5.38. The van der Waals surface area contributed by atoms with E-state index in [1.807, 2.05) is 50.9 Å². The minimum absolute atomic E-state index is 0.0456. The lowest BCUT2D eigenvalue weighted by atomic mass is 10.1. The van der Waals surface area contributed by atoms with Gasteiger partial charge in [0.2, 0.25) is 0 Å². The summed E-state index contributed by atoms with van der Waals surface area (Å²) in [5.74, 6) is 0.848. The van der Waals surface area contributed by atoms with Crippen molar-refractivity contribution < 1.29 is 9.32 Å². The Morgan fingerprint density at radius 2 is 1.88 bits per heavy atom. The van der Waals surface area contributed by atoms with Crippen molar-refractivity contribution in [2.24, 2.45) is 0 Å². The highest BCUT2D eigenvalue weighted by Crippen LogP contribution is 2.19. The highest BCUT2D eigenvalue weighted by atomic mass is 31.1. The highest BCUT2D eigenvalue weighted by molar-refractivity contribution is 7.31. The normalized spacial score (nSPS) is 11.9. The predicted molar refractivity (Wildman–Crippen MR) is 73.1 cm³/mol. The van der Waals surface area contributed by atoms with Gasteiger partial charge >= 0.3 is 0 Å². The Hall–Kier alpha value is -1.34. The molecule has 0 saturated carbocycles. The van der Waals surface area contributed by atoms with Crippen molar-refractivity contribution in [1.82, 2.24) is 4.90 Å². The molecule has 1 rings (SSSR count). The van der Waals surface area contributed by atoms with E-state index < -0.39 is 0 Å². The van der Waals surface area contributed by atoms with E-state index in [0.717, 1.165) is 11.3 Å². The molecule has 0 N–H and O–H groups in total. The fourth-order valence-electron chi connectivity index (χ4n) is 1.47. The molecule has 0 aliphatic heterocycles. The topological polar surface area (TPSA) is 29.5 Å². The maximum Gasteiger partial charge on any atom is 0.190 e. The van der Waals surface area contributed by atoms with E-state index in [-0.39, 0.29) is 5.78 Å². The molecule has 1 aromatic rings. The highest BCUT2D eigenvalue weighted by Gasteiger charge is 2.08. The minimum Gasteiger partial charge on any atom is -0.477 e. The maximum absolute atomic E-state index is 12.0. The molecule has 0 aliphatic carbocycles. The monoisotopic (exact) mass is 251 g/mol. The molecule has 1 atom stereocenters. The molecule has 0 aliphatic rings. The van der Waals surface area contributed by atoms with E-state index in [4.69, 9.17) is 4.52 Å². The summed E-state index contributed by atoms with van der Waals surface area (Å²) in [6.45, 7) is 3.78. The van der Waals surface area contributed by atoms with Gasteiger partial charge in [0.15, 0.2) is 5.78 Å². The summed E-state index contributed by atoms with van der Waals surface area (Å²) in [7, 11) is 4.21. The molecular weight excluding hydrogens is 233 g/mol. The molecule has 0 heterocycles. The Morgan fingerprint density at radius 3 is 2.35 bits per heavy atom. The molecule has 17 heavy (non-hydrogen) atoms. The van der Waals surface area contributed by atoms with Crippen LogP contribution >= 0.6 is 8.81 Å². The zero-order chi connectivity index (χ0) is 12.8. The zero-order valence-electron chi connectivity index (χ0n) is 10.7. The lowest BCUT2D eigenvalue weighted by molar-refractivity contribution is 0.103. The van der Waals surface area contributed by atoms with Crippen molar-refractivity contribution >= 4 is 14.6 Å². The molecular formula is C13H18NO2P. The van der Waals surface area contributed by atoms with Gasteiger partial charge in [-0.3, -0.25) is 4.79 Å². The van der Waals surface area contributed by atoms with E-state index in [1.54, 1.807) is 12.1 Å². The summed E-state index contributed by atoms with van der Waals surface area (Å²) in [6.07, 6.45) is 1.82. The predicted octanol–water partition coefficient (Wildman–Crippen LogP) is 2.94. The molecule has 1 unspecified atom stereocenters. The van der Waals surface area contributed by atoms with Gasteiger partial charge in [0.05, 0.1) is 8.81 Å². The van der Waals surface area contributed by atoms with Gasteiger partial charge < -0.3 is 9.42 Å². The smallest absolute Gasteiger partial charge is 0.190 e. The number of Topliss-reactive ketones (excluding diaryl/α,β-unsaturated/α-hetero) is 1. The summed E-state index contributed by atoms with van der Waals surface area (Å²) in [4.78, 5) is 13.9. The van der Waals surface area contributed by atoms with Crippen LogP contribution in [0.25, 0.3) is 0 Å². The third-order valence-corrected chi connectivity index (χ3v) is 2.59. The van der Waals surface area contributed by atoms with E-state index in [1.165, 1.54) is 0 Å². The van der Waals surface area contributed by atoms with Gasteiger partial charge in [0.1, 0.15) is 5.75 Å². The Balaban J connectivity index is 2.83. The number of carbonyl (C=O) groups excluding carboxylic acids is 1. The second kappa shape index (κ2) is 6.41. The van der Waals surface area contributed by atoms with Crippen LogP contribution in [0.1, 0.15) is 17.3 Å². The van der Waals surface area contributed by atoms with E-state index in [9.17, 15) is 4.79 Å². The average Bonchev–Trinajstić information content (AvgIpc) is 2.28. The van der Waals surface area contributed by atoms with Crippen molar-refractivity contribution in [1.29, 1.82) is 0 Å². The van der Waals surface area contributed by atoms with Crippen LogP contribution in [0.2, 0.25) is 0 Å². The molecule has 3 nitrogen and oxygen atoms in total. The molecule has 0 bridgehead atoms. The Kier molecular flexibility index (Phi) is 5.17. The molecule has 1 aromatic carbocycles. The third-order valence-electron chi connectivity index (χ3n) is 2.15. The summed E-state index contributed by atoms with van der Waals surface area (Å²) >= 11 is 0. The summed E-state index contributed by atoms with van der Waals surface area (Å²) < 4.78 is 5.36. The molecule has 0 saturated heterocycles. The zero-order valence-corrected chi connectivity index (χ0v) is 11.7. The lowest BCUT2D eigenvalue weighted by Crippen LogP contribution is -2.07. The van der Waals surface area contributed by atoms with Crippen LogP contribution in [0.15, 0.2) is 36.0 Å². The van der Waals surface area contributed by atoms with Crippen LogP contribution in [0.4, 0.5) is 0 Å². The van der Waals surface area contributed by atoms with E-state index in [2.05, 4.69) is 0 Å². The molecule has 0 spiro atoms. The average molecular weight is 251 g/mol. The standard InChI is InChI=1S/C13H18NO2P/c1-10(9-14(2)3)13(15)11-5-7-12(8-6-11)16-17-4/h5-9,17H,1-4H3/b10-9-. The number of ketones is 1. The summed E-state index contributed by atoms with van der Waals surface area (Å²) in [5, 5.41) is 0. The second-order valence-corrected chi connectivity index (χ2v) is 4.55. The van der Waals surface area contributed by atoms with Crippen LogP contribution in [0.3, 0.4) is 0 Å². The van der Waals surface area contributed by atoms with Gasteiger partial charge in [0.25, 0.3) is 0 Å². The van der Waals surface area contributed by atoms with Crippen LogP contribution < -0.4 is 4.52 Å². The Morgan fingerprint density at radius 1 is 1.29 bits per heavy atom. The summed E-state index contributed by atoms with van der Waals surface area (Å²) in [5.41, 5.74) is 1.41. The number of hydrogen-bond donors (Lipinski definition) is 0. The second-order valence-electron chi connectivity index (χ2n) is 3.94. The number of benzene rings is 1. The molecule has 0 fully saturated rings. The summed E-state index contributed by atoms with van der Waals surface area (Å²) in [6, 6.07) is 7.25. The quantitative estimate of drug-likeness (QED) is 0.458. The van der Waals surface area contributed by atoms with Crippen LogP contribution in [0, 0.1) is 0 Å². The molecule has 92 valence electrons. The van der Waals surface area contributed by atoms with Gasteiger partial charge in [0, 0.05) is 31.4 Å². The fourth-order valence-corrected chi connectivity index (χ4v) is 1.84. The first-order valence-corrected chi connectivity index (χ1v) is 6.78.